The number of nitrogens with one attached hydrogen (secondary N) is 1. The van der Waals surface area contributed by atoms with Crippen LogP contribution in [0.15, 0.2) is 36.5 Å². The van der Waals surface area contributed by atoms with Gasteiger partial charge in [0.15, 0.2) is 0 Å². The number of benzene rings is 1. The molecule has 150 valence electrons. The van der Waals surface area contributed by atoms with Crippen molar-refractivity contribution >= 4 is 11.7 Å². The molecule has 1 aromatic heterocycles. The van der Waals surface area contributed by atoms with Crippen molar-refractivity contribution in [3.05, 3.63) is 42.1 Å². The summed E-state index contributed by atoms with van der Waals surface area (Å²) < 4.78 is 12.8. The summed E-state index contributed by atoms with van der Waals surface area (Å²) in [6.07, 6.45) is 6.09. The maximum atomic E-state index is 12.7. The van der Waals surface area contributed by atoms with Crippen LogP contribution in [0.25, 0.3) is 0 Å². The summed E-state index contributed by atoms with van der Waals surface area (Å²) >= 11 is 0. The highest BCUT2D eigenvalue weighted by atomic mass is 16.5. The summed E-state index contributed by atoms with van der Waals surface area (Å²) in [4.78, 5) is 15.3. The van der Waals surface area contributed by atoms with E-state index in [9.17, 15) is 4.79 Å². The van der Waals surface area contributed by atoms with Crippen LogP contribution < -0.4 is 10.1 Å². The molecule has 1 amide bonds. The SMILES string of the molecule is COc1ccccc1C(=O)Nc1ccnn1C1CCN(C2CCOCC2)CC1. The molecule has 2 aromatic rings. The lowest BCUT2D eigenvalue weighted by atomic mass is 10.00. The van der Waals surface area contributed by atoms with Crippen molar-refractivity contribution in [1.82, 2.24) is 14.7 Å². The third kappa shape index (κ3) is 4.05. The highest BCUT2D eigenvalue weighted by Crippen LogP contribution is 2.29. The normalized spacial score (nSPS) is 19.5. The van der Waals surface area contributed by atoms with Crippen molar-refractivity contribution in [2.24, 2.45) is 0 Å². The first-order chi connectivity index (χ1) is 13.8. The molecular formula is C21H28N4O3. The van der Waals surface area contributed by atoms with E-state index in [1.807, 2.05) is 22.9 Å². The first-order valence-corrected chi connectivity index (χ1v) is 10.1. The van der Waals surface area contributed by atoms with Crippen LogP contribution in [0, 0.1) is 0 Å². The Bertz CT molecular complexity index is 792. The second kappa shape index (κ2) is 8.75. The zero-order chi connectivity index (χ0) is 19.3. The fraction of sp³-hybridized carbons (Fsp3) is 0.524. The van der Waals surface area contributed by atoms with E-state index >= 15 is 0 Å². The Hall–Kier alpha value is -2.38. The van der Waals surface area contributed by atoms with E-state index in [2.05, 4.69) is 15.3 Å². The number of likely N-dealkylation sites (tertiary alicyclic amines) is 1. The molecule has 0 spiro atoms. The molecule has 3 heterocycles. The number of amides is 1. The average Bonchev–Trinajstić information content (AvgIpc) is 3.22. The lowest BCUT2D eigenvalue weighted by Crippen LogP contribution is -2.44. The van der Waals surface area contributed by atoms with Crippen molar-refractivity contribution in [2.75, 3.05) is 38.7 Å². The number of nitrogens with zero attached hydrogens (tertiary/aromatic N) is 3. The topological polar surface area (TPSA) is 68.6 Å². The molecule has 4 rings (SSSR count). The van der Waals surface area contributed by atoms with Crippen molar-refractivity contribution < 1.29 is 14.3 Å². The number of rotatable bonds is 5. The van der Waals surface area contributed by atoms with Gasteiger partial charge >= 0.3 is 0 Å². The molecule has 2 aliphatic rings. The molecule has 0 atom stereocenters. The maximum absolute atomic E-state index is 12.7. The van der Waals surface area contributed by atoms with E-state index in [4.69, 9.17) is 9.47 Å². The predicted molar refractivity (Wildman–Crippen MR) is 107 cm³/mol. The summed E-state index contributed by atoms with van der Waals surface area (Å²) in [6.45, 7) is 3.88. The van der Waals surface area contributed by atoms with Gasteiger partial charge in [0.2, 0.25) is 0 Å². The van der Waals surface area contributed by atoms with Crippen molar-refractivity contribution in [2.45, 2.75) is 37.8 Å². The van der Waals surface area contributed by atoms with Crippen molar-refractivity contribution in [3.8, 4) is 5.75 Å². The summed E-state index contributed by atoms with van der Waals surface area (Å²) in [5.74, 6) is 1.12. The third-order valence-corrected chi connectivity index (χ3v) is 5.82. The average molecular weight is 384 g/mol. The van der Waals surface area contributed by atoms with Crippen LogP contribution in [0.4, 0.5) is 5.82 Å². The number of ether oxygens (including phenoxy) is 2. The number of hydrogen-bond acceptors (Lipinski definition) is 5. The number of piperidine rings is 1. The molecule has 0 saturated carbocycles. The van der Waals surface area contributed by atoms with Gasteiger partial charge in [0.05, 0.1) is 24.9 Å². The Balaban J connectivity index is 1.40. The van der Waals surface area contributed by atoms with Crippen LogP contribution in [0.2, 0.25) is 0 Å². The van der Waals surface area contributed by atoms with Gasteiger partial charge < -0.3 is 19.7 Å². The highest BCUT2D eigenvalue weighted by molar-refractivity contribution is 6.05. The Labute approximate surface area is 165 Å². The van der Waals surface area contributed by atoms with Crippen molar-refractivity contribution in [1.29, 1.82) is 0 Å². The van der Waals surface area contributed by atoms with Crippen LogP contribution in [0.5, 0.6) is 5.75 Å². The van der Waals surface area contributed by atoms with Crippen LogP contribution >= 0.6 is 0 Å². The molecule has 0 bridgehead atoms. The van der Waals surface area contributed by atoms with Crippen LogP contribution in [-0.2, 0) is 4.74 Å². The highest BCUT2D eigenvalue weighted by Gasteiger charge is 2.28. The molecule has 28 heavy (non-hydrogen) atoms. The molecular weight excluding hydrogens is 356 g/mol. The minimum absolute atomic E-state index is 0.182. The van der Waals surface area contributed by atoms with Crippen molar-refractivity contribution in [3.63, 3.8) is 0 Å². The van der Waals surface area contributed by atoms with Gasteiger partial charge in [-0.3, -0.25) is 4.79 Å². The standard InChI is InChI=1S/C21H28N4O3/c1-27-19-5-3-2-4-18(19)21(26)23-20-6-11-22-25(20)17-7-12-24(13-8-17)16-9-14-28-15-10-16/h2-6,11,16-17H,7-10,12-15H2,1H3,(H,23,26). The molecule has 1 N–H and O–H groups in total. The van der Waals surface area contributed by atoms with Gasteiger partial charge in [-0.05, 0) is 37.8 Å². The Morgan fingerprint density at radius 2 is 1.86 bits per heavy atom. The predicted octanol–water partition coefficient (Wildman–Crippen LogP) is 2.96. The lowest BCUT2D eigenvalue weighted by molar-refractivity contribution is 0.0214. The Morgan fingerprint density at radius 3 is 2.61 bits per heavy atom. The molecule has 0 unspecified atom stereocenters. The summed E-state index contributed by atoms with van der Waals surface area (Å²) in [7, 11) is 1.57. The van der Waals surface area contributed by atoms with E-state index in [1.54, 1.807) is 25.4 Å². The summed E-state index contributed by atoms with van der Waals surface area (Å²) in [6, 6.07) is 10.1. The maximum Gasteiger partial charge on any atom is 0.260 e. The molecule has 2 fully saturated rings. The molecule has 0 aliphatic carbocycles. The number of para-hydroxylation sites is 1. The number of methoxy groups -OCH3 is 1. The smallest absolute Gasteiger partial charge is 0.260 e. The number of hydrogen-bond donors (Lipinski definition) is 1. The fourth-order valence-electron chi connectivity index (χ4n) is 4.27. The first kappa shape index (κ1) is 19.0. The Morgan fingerprint density at radius 1 is 1.11 bits per heavy atom. The van der Waals surface area contributed by atoms with Gasteiger partial charge in [-0.15, -0.1) is 0 Å². The number of anilines is 1. The van der Waals surface area contributed by atoms with E-state index in [0.717, 1.165) is 57.8 Å². The van der Waals surface area contributed by atoms with E-state index in [-0.39, 0.29) is 5.91 Å². The fourth-order valence-corrected chi connectivity index (χ4v) is 4.27. The number of carbonyl (C=O) groups is 1. The van der Waals surface area contributed by atoms with Crippen LogP contribution in [0.3, 0.4) is 0 Å². The zero-order valence-electron chi connectivity index (χ0n) is 16.3. The van der Waals surface area contributed by atoms with Gasteiger partial charge in [0.25, 0.3) is 5.91 Å². The van der Waals surface area contributed by atoms with Crippen LogP contribution in [0.1, 0.15) is 42.1 Å². The van der Waals surface area contributed by atoms with E-state index in [1.165, 1.54) is 0 Å². The van der Waals surface area contributed by atoms with Gasteiger partial charge in [-0.1, -0.05) is 12.1 Å². The summed E-state index contributed by atoms with van der Waals surface area (Å²) in [5, 5.41) is 7.50. The van der Waals surface area contributed by atoms with Gasteiger partial charge in [-0.25, -0.2) is 4.68 Å². The molecule has 1 aromatic carbocycles. The second-order valence-electron chi connectivity index (χ2n) is 7.43. The second-order valence-corrected chi connectivity index (χ2v) is 7.43. The summed E-state index contributed by atoms with van der Waals surface area (Å²) in [5.41, 5.74) is 0.520. The Kier molecular flexibility index (Phi) is 5.92. The van der Waals surface area contributed by atoms with Gasteiger partial charge in [-0.2, -0.15) is 5.10 Å². The third-order valence-electron chi connectivity index (χ3n) is 5.82. The quantitative estimate of drug-likeness (QED) is 0.858. The zero-order valence-corrected chi connectivity index (χ0v) is 16.3. The molecule has 2 aliphatic heterocycles. The van der Waals surface area contributed by atoms with E-state index < -0.39 is 0 Å². The van der Waals surface area contributed by atoms with Gasteiger partial charge in [0, 0.05) is 38.4 Å². The minimum atomic E-state index is -0.182. The van der Waals surface area contributed by atoms with Gasteiger partial charge in [0.1, 0.15) is 11.6 Å². The van der Waals surface area contributed by atoms with Crippen LogP contribution in [-0.4, -0.2) is 60.0 Å². The number of aromatic nitrogens is 2. The lowest BCUT2D eigenvalue weighted by Gasteiger charge is -2.39. The molecule has 0 radical (unpaired) electrons. The monoisotopic (exact) mass is 384 g/mol. The minimum Gasteiger partial charge on any atom is -0.496 e. The first-order valence-electron chi connectivity index (χ1n) is 10.1. The molecule has 2 saturated heterocycles. The largest absolute Gasteiger partial charge is 0.496 e. The number of carbonyl (C=O) groups excluding carboxylic acids is 1. The van der Waals surface area contributed by atoms with E-state index in [0.29, 0.717) is 23.4 Å². The molecule has 7 nitrogen and oxygen atoms in total. The molecule has 7 heteroatoms.